The van der Waals surface area contributed by atoms with Gasteiger partial charge in [-0.25, -0.2) is 8.42 Å². The van der Waals surface area contributed by atoms with E-state index in [4.69, 9.17) is 0 Å². The summed E-state index contributed by atoms with van der Waals surface area (Å²) in [5.74, 6) is -0.295. The molecule has 0 spiro atoms. The lowest BCUT2D eigenvalue weighted by molar-refractivity contribution is -0.141. The van der Waals surface area contributed by atoms with E-state index in [2.05, 4.69) is 0 Å². The summed E-state index contributed by atoms with van der Waals surface area (Å²) in [5.41, 5.74) is 3.68. The summed E-state index contributed by atoms with van der Waals surface area (Å²) in [4.78, 5) is 14.2. The topological polar surface area (TPSA) is 77.9 Å². The molecule has 154 valence electrons. The highest BCUT2D eigenvalue weighted by Gasteiger charge is 2.31. The van der Waals surface area contributed by atoms with Crippen LogP contribution in [0.15, 0.2) is 47.4 Å². The second kappa shape index (κ2) is 7.80. The minimum atomic E-state index is -3.69. The number of fused-ring (bicyclic) bond motifs is 2. The predicted octanol–water partition coefficient (Wildman–Crippen LogP) is 2.48. The third kappa shape index (κ3) is 3.65. The van der Waals surface area contributed by atoms with Gasteiger partial charge in [-0.05, 0) is 60.6 Å². The van der Waals surface area contributed by atoms with E-state index in [-0.39, 0.29) is 10.8 Å². The smallest absolute Gasteiger partial charge is 0.264 e. The van der Waals surface area contributed by atoms with Crippen LogP contribution in [0.3, 0.4) is 0 Å². The van der Waals surface area contributed by atoms with E-state index in [1.165, 1.54) is 4.31 Å². The molecule has 1 amide bonds. The molecule has 2 aliphatic rings. The number of aliphatic hydroxyl groups is 1. The van der Waals surface area contributed by atoms with Crippen LogP contribution in [-0.4, -0.2) is 43.5 Å². The van der Waals surface area contributed by atoms with Gasteiger partial charge in [-0.3, -0.25) is 9.10 Å². The number of carbonyl (C=O) groups excluding carboxylic acids is 1. The van der Waals surface area contributed by atoms with Crippen LogP contribution in [0.2, 0.25) is 0 Å². The Morgan fingerprint density at radius 1 is 1.07 bits per heavy atom. The number of aryl methyl sites for hydroxylation is 1. The molecule has 0 aliphatic carbocycles. The number of hydrogen-bond acceptors (Lipinski definition) is 4. The van der Waals surface area contributed by atoms with Gasteiger partial charge in [-0.15, -0.1) is 0 Å². The van der Waals surface area contributed by atoms with Crippen LogP contribution in [0, 0.1) is 0 Å². The Hall–Kier alpha value is -2.38. The molecule has 7 heteroatoms. The van der Waals surface area contributed by atoms with E-state index in [1.54, 1.807) is 24.0 Å². The first kappa shape index (κ1) is 19.9. The van der Waals surface area contributed by atoms with E-state index < -0.39 is 16.1 Å². The molecule has 2 aliphatic heterocycles. The molecular weight excluding hydrogens is 388 g/mol. The zero-order chi connectivity index (χ0) is 20.6. The van der Waals surface area contributed by atoms with Gasteiger partial charge in [0, 0.05) is 19.6 Å². The third-order valence-electron chi connectivity index (χ3n) is 5.83. The van der Waals surface area contributed by atoms with Crippen LogP contribution in [0.1, 0.15) is 36.5 Å². The van der Waals surface area contributed by atoms with Crippen molar-refractivity contribution < 1.29 is 18.3 Å². The first-order chi connectivity index (χ1) is 13.9. The molecular formula is C22H26N2O4S. The van der Waals surface area contributed by atoms with Gasteiger partial charge >= 0.3 is 0 Å². The van der Waals surface area contributed by atoms with Gasteiger partial charge in [-0.2, -0.15) is 0 Å². The van der Waals surface area contributed by atoms with Crippen molar-refractivity contribution in [1.82, 2.24) is 4.90 Å². The average Bonchev–Trinajstić information content (AvgIpc) is 2.76. The maximum absolute atomic E-state index is 13.4. The summed E-state index contributed by atoms with van der Waals surface area (Å²) >= 11 is 0. The first-order valence-electron chi connectivity index (χ1n) is 10.1. The standard InChI is InChI=1S/C22H26N2O4S/c1-2-21(25)22(26)23-13-11-16-9-10-19(14-18(16)15-23)29(27,28)24-12-5-7-17-6-3-4-8-20(17)24/h3-4,6,8-10,14,21,25H,2,5,7,11-13,15H2,1H3. The fourth-order valence-electron chi connectivity index (χ4n) is 4.14. The fraction of sp³-hybridized carbons (Fsp3) is 0.409. The summed E-state index contributed by atoms with van der Waals surface area (Å²) in [6.45, 7) is 3.09. The molecule has 0 saturated carbocycles. The van der Waals surface area contributed by atoms with E-state index in [1.807, 2.05) is 30.3 Å². The maximum Gasteiger partial charge on any atom is 0.264 e. The molecule has 0 saturated heterocycles. The number of sulfonamides is 1. The normalized spacial score (nSPS) is 17.4. The monoisotopic (exact) mass is 414 g/mol. The Kier molecular flexibility index (Phi) is 5.36. The number of anilines is 1. The zero-order valence-electron chi connectivity index (χ0n) is 16.5. The number of rotatable bonds is 4. The lowest BCUT2D eigenvalue weighted by Crippen LogP contribution is -2.42. The quantitative estimate of drug-likeness (QED) is 0.834. The second-order valence-corrected chi connectivity index (χ2v) is 9.54. The second-order valence-electron chi connectivity index (χ2n) is 7.67. The van der Waals surface area contributed by atoms with E-state index in [0.717, 1.165) is 35.2 Å². The molecule has 2 aromatic carbocycles. The van der Waals surface area contributed by atoms with Crippen LogP contribution < -0.4 is 4.31 Å². The summed E-state index contributed by atoms with van der Waals surface area (Å²) in [7, 11) is -3.69. The Morgan fingerprint density at radius 2 is 1.86 bits per heavy atom. The van der Waals surface area contributed by atoms with Crippen molar-refractivity contribution >= 4 is 21.6 Å². The zero-order valence-corrected chi connectivity index (χ0v) is 17.4. The van der Waals surface area contributed by atoms with E-state index in [0.29, 0.717) is 32.5 Å². The fourth-order valence-corrected chi connectivity index (χ4v) is 5.74. The van der Waals surface area contributed by atoms with Crippen molar-refractivity contribution in [2.75, 3.05) is 17.4 Å². The van der Waals surface area contributed by atoms with Gasteiger partial charge in [0.2, 0.25) is 0 Å². The van der Waals surface area contributed by atoms with Crippen LogP contribution in [-0.2, 0) is 34.2 Å². The molecule has 1 N–H and O–H groups in total. The summed E-state index contributed by atoms with van der Waals surface area (Å²) in [6, 6.07) is 12.9. The van der Waals surface area contributed by atoms with Crippen LogP contribution in [0.25, 0.3) is 0 Å². The SMILES string of the molecule is CCC(O)C(=O)N1CCc2ccc(S(=O)(=O)N3CCCc4ccccc43)cc2C1. The largest absolute Gasteiger partial charge is 0.383 e. The van der Waals surface area contributed by atoms with Gasteiger partial charge in [-0.1, -0.05) is 31.2 Å². The third-order valence-corrected chi connectivity index (χ3v) is 7.64. The van der Waals surface area contributed by atoms with Gasteiger partial charge < -0.3 is 10.0 Å². The van der Waals surface area contributed by atoms with Crippen LogP contribution >= 0.6 is 0 Å². The van der Waals surface area contributed by atoms with E-state index >= 15 is 0 Å². The number of para-hydroxylation sites is 1. The first-order valence-corrected chi connectivity index (χ1v) is 11.5. The molecule has 6 nitrogen and oxygen atoms in total. The van der Waals surface area contributed by atoms with Gasteiger partial charge in [0.15, 0.2) is 0 Å². The molecule has 0 bridgehead atoms. The van der Waals surface area contributed by atoms with Crippen molar-refractivity contribution in [3.8, 4) is 0 Å². The minimum Gasteiger partial charge on any atom is -0.383 e. The van der Waals surface area contributed by atoms with Crippen LogP contribution in [0.4, 0.5) is 5.69 Å². The Bertz CT molecular complexity index is 1030. The molecule has 2 heterocycles. The van der Waals surface area contributed by atoms with Crippen molar-refractivity contribution in [2.24, 2.45) is 0 Å². The Morgan fingerprint density at radius 3 is 2.66 bits per heavy atom. The number of aliphatic hydroxyl groups excluding tert-OH is 1. The highest BCUT2D eigenvalue weighted by Crippen LogP contribution is 2.33. The van der Waals surface area contributed by atoms with Crippen molar-refractivity contribution in [1.29, 1.82) is 0 Å². The number of benzene rings is 2. The molecule has 0 aromatic heterocycles. The summed E-state index contributed by atoms with van der Waals surface area (Å²) in [6.07, 6.45) is 1.69. The van der Waals surface area contributed by atoms with Crippen molar-refractivity contribution in [2.45, 2.75) is 50.2 Å². The van der Waals surface area contributed by atoms with Crippen molar-refractivity contribution in [3.63, 3.8) is 0 Å². The number of amides is 1. The van der Waals surface area contributed by atoms with E-state index in [9.17, 15) is 18.3 Å². The summed E-state index contributed by atoms with van der Waals surface area (Å²) < 4.78 is 28.3. The molecule has 4 rings (SSSR count). The lowest BCUT2D eigenvalue weighted by Gasteiger charge is -2.32. The molecule has 1 unspecified atom stereocenters. The number of nitrogens with zero attached hydrogens (tertiary/aromatic N) is 2. The maximum atomic E-state index is 13.4. The highest BCUT2D eigenvalue weighted by atomic mass is 32.2. The molecule has 0 radical (unpaired) electrons. The van der Waals surface area contributed by atoms with Crippen LogP contribution in [0.5, 0.6) is 0 Å². The molecule has 1 atom stereocenters. The number of hydrogen-bond donors (Lipinski definition) is 1. The van der Waals surface area contributed by atoms with Gasteiger partial charge in [0.25, 0.3) is 15.9 Å². The van der Waals surface area contributed by atoms with Gasteiger partial charge in [0.1, 0.15) is 6.10 Å². The molecule has 0 fully saturated rings. The number of carbonyl (C=O) groups is 1. The molecule has 29 heavy (non-hydrogen) atoms. The lowest BCUT2D eigenvalue weighted by atomic mass is 9.99. The summed E-state index contributed by atoms with van der Waals surface area (Å²) in [5, 5.41) is 9.88. The Labute approximate surface area is 171 Å². The highest BCUT2D eigenvalue weighted by molar-refractivity contribution is 7.92. The average molecular weight is 415 g/mol. The molecule has 2 aromatic rings. The van der Waals surface area contributed by atoms with Gasteiger partial charge in [0.05, 0.1) is 10.6 Å². The minimum absolute atomic E-state index is 0.248. The van der Waals surface area contributed by atoms with Crippen molar-refractivity contribution in [3.05, 3.63) is 59.2 Å². The Balaban J connectivity index is 1.65. The predicted molar refractivity (Wildman–Crippen MR) is 111 cm³/mol.